The van der Waals surface area contributed by atoms with Crippen LogP contribution in [0.1, 0.15) is 30.9 Å². The Balaban J connectivity index is 2.43. The average molecular weight is 228 g/mol. The SMILES string of the molecule is [NH3+][C@@H](CCCC(=O)[O-])c1ccc(Cl)cc1. The molecule has 0 aliphatic heterocycles. The summed E-state index contributed by atoms with van der Waals surface area (Å²) in [5.74, 6) is -1.00. The molecule has 1 aromatic carbocycles. The van der Waals surface area contributed by atoms with E-state index in [1.807, 2.05) is 24.3 Å². The summed E-state index contributed by atoms with van der Waals surface area (Å²) in [6.45, 7) is 0. The van der Waals surface area contributed by atoms with Crippen LogP contribution in [0.5, 0.6) is 0 Å². The van der Waals surface area contributed by atoms with E-state index in [0.29, 0.717) is 11.4 Å². The Morgan fingerprint density at radius 2 is 2.00 bits per heavy atom. The van der Waals surface area contributed by atoms with E-state index in [1.165, 1.54) is 0 Å². The minimum atomic E-state index is -1.00. The van der Waals surface area contributed by atoms with Crippen LogP contribution in [-0.4, -0.2) is 5.97 Å². The van der Waals surface area contributed by atoms with Gasteiger partial charge in [0.1, 0.15) is 6.04 Å². The zero-order valence-electron chi connectivity index (χ0n) is 8.41. The van der Waals surface area contributed by atoms with Crippen molar-refractivity contribution in [3.8, 4) is 0 Å². The van der Waals surface area contributed by atoms with Gasteiger partial charge < -0.3 is 15.6 Å². The van der Waals surface area contributed by atoms with E-state index in [0.717, 1.165) is 12.0 Å². The van der Waals surface area contributed by atoms with Gasteiger partial charge in [-0.3, -0.25) is 0 Å². The second-order valence-electron chi connectivity index (χ2n) is 3.51. The number of halogens is 1. The molecule has 0 amide bonds. The molecule has 0 heterocycles. The molecule has 82 valence electrons. The quantitative estimate of drug-likeness (QED) is 0.798. The molecular weight excluding hydrogens is 214 g/mol. The highest BCUT2D eigenvalue weighted by atomic mass is 35.5. The highest BCUT2D eigenvalue weighted by molar-refractivity contribution is 6.30. The lowest BCUT2D eigenvalue weighted by molar-refractivity contribution is -0.428. The van der Waals surface area contributed by atoms with Crippen LogP contribution in [-0.2, 0) is 4.79 Å². The Morgan fingerprint density at radius 3 is 2.53 bits per heavy atom. The number of aliphatic carboxylic acids is 1. The predicted molar refractivity (Wildman–Crippen MR) is 55.9 cm³/mol. The largest absolute Gasteiger partial charge is 0.550 e. The van der Waals surface area contributed by atoms with Gasteiger partial charge in [-0.15, -0.1) is 0 Å². The number of hydrogen-bond acceptors (Lipinski definition) is 2. The molecule has 0 unspecified atom stereocenters. The smallest absolute Gasteiger partial charge is 0.110 e. The topological polar surface area (TPSA) is 67.8 Å². The summed E-state index contributed by atoms with van der Waals surface area (Å²) in [5.41, 5.74) is 5.06. The zero-order chi connectivity index (χ0) is 11.3. The van der Waals surface area contributed by atoms with Gasteiger partial charge in [0.25, 0.3) is 0 Å². The van der Waals surface area contributed by atoms with E-state index in [-0.39, 0.29) is 12.5 Å². The second kappa shape index (κ2) is 5.73. The number of benzene rings is 1. The number of rotatable bonds is 5. The third-order valence-corrected chi connectivity index (χ3v) is 2.53. The van der Waals surface area contributed by atoms with Crippen molar-refractivity contribution in [2.45, 2.75) is 25.3 Å². The van der Waals surface area contributed by atoms with E-state index in [4.69, 9.17) is 11.6 Å². The van der Waals surface area contributed by atoms with Crippen molar-refractivity contribution in [2.24, 2.45) is 0 Å². The molecule has 0 fully saturated rings. The van der Waals surface area contributed by atoms with Crippen LogP contribution < -0.4 is 10.8 Å². The fraction of sp³-hybridized carbons (Fsp3) is 0.364. The predicted octanol–water partition coefficient (Wildman–Crippen LogP) is 0.543. The summed E-state index contributed by atoms with van der Waals surface area (Å²) in [6.07, 6.45) is 1.44. The number of carbonyl (C=O) groups is 1. The van der Waals surface area contributed by atoms with Crippen LogP contribution in [0.4, 0.5) is 0 Å². The van der Waals surface area contributed by atoms with Gasteiger partial charge in [0.15, 0.2) is 0 Å². The van der Waals surface area contributed by atoms with E-state index in [1.54, 1.807) is 0 Å². The van der Waals surface area contributed by atoms with Crippen LogP contribution in [0.25, 0.3) is 0 Å². The van der Waals surface area contributed by atoms with Crippen molar-refractivity contribution in [1.82, 2.24) is 0 Å². The standard InChI is InChI=1S/C11H14ClNO2/c12-9-6-4-8(5-7-9)10(13)2-1-3-11(14)15/h4-7,10H,1-3,13H2,(H,14,15)/t10-/m0/s1. The van der Waals surface area contributed by atoms with Gasteiger partial charge in [-0.25, -0.2) is 0 Å². The molecule has 0 radical (unpaired) electrons. The fourth-order valence-electron chi connectivity index (χ4n) is 1.39. The molecule has 0 saturated carbocycles. The summed E-state index contributed by atoms with van der Waals surface area (Å²) >= 11 is 5.76. The van der Waals surface area contributed by atoms with Crippen molar-refractivity contribution in [3.05, 3.63) is 34.9 Å². The summed E-state index contributed by atoms with van der Waals surface area (Å²) < 4.78 is 0. The second-order valence-corrected chi connectivity index (χ2v) is 3.95. The Labute approximate surface area is 93.9 Å². The van der Waals surface area contributed by atoms with Crippen molar-refractivity contribution in [3.63, 3.8) is 0 Å². The third kappa shape index (κ3) is 4.32. The first kappa shape index (κ1) is 12.0. The van der Waals surface area contributed by atoms with Gasteiger partial charge in [0.05, 0.1) is 0 Å². The maximum atomic E-state index is 10.2. The molecule has 15 heavy (non-hydrogen) atoms. The summed E-state index contributed by atoms with van der Waals surface area (Å²) in [6, 6.07) is 7.57. The lowest BCUT2D eigenvalue weighted by Gasteiger charge is -2.09. The van der Waals surface area contributed by atoms with Gasteiger partial charge >= 0.3 is 0 Å². The molecule has 0 aromatic heterocycles. The first-order chi connectivity index (χ1) is 7.09. The Kier molecular flexibility index (Phi) is 4.59. The van der Waals surface area contributed by atoms with E-state index in [2.05, 4.69) is 5.73 Å². The molecule has 1 atom stereocenters. The Morgan fingerprint density at radius 1 is 1.40 bits per heavy atom. The highest BCUT2D eigenvalue weighted by Crippen LogP contribution is 2.17. The number of carbonyl (C=O) groups excluding carboxylic acids is 1. The number of carboxylic acid groups (broad SMARTS) is 1. The first-order valence-electron chi connectivity index (χ1n) is 4.88. The Bertz CT molecular complexity index is 324. The van der Waals surface area contributed by atoms with Crippen LogP contribution in [0, 0.1) is 0 Å². The molecule has 0 bridgehead atoms. The van der Waals surface area contributed by atoms with Gasteiger partial charge in [-0.2, -0.15) is 0 Å². The molecule has 0 aliphatic rings. The highest BCUT2D eigenvalue weighted by Gasteiger charge is 2.08. The molecule has 0 spiro atoms. The van der Waals surface area contributed by atoms with Crippen LogP contribution in [0.3, 0.4) is 0 Å². The van der Waals surface area contributed by atoms with Gasteiger partial charge in [-0.05, 0) is 25.0 Å². The third-order valence-electron chi connectivity index (χ3n) is 2.27. The average Bonchev–Trinajstić information content (AvgIpc) is 2.18. The van der Waals surface area contributed by atoms with Crippen molar-refractivity contribution in [2.75, 3.05) is 0 Å². The van der Waals surface area contributed by atoms with E-state index >= 15 is 0 Å². The van der Waals surface area contributed by atoms with Gasteiger partial charge in [0, 0.05) is 23.0 Å². The molecule has 4 heteroatoms. The molecule has 1 aromatic rings. The lowest BCUT2D eigenvalue weighted by Crippen LogP contribution is -2.53. The first-order valence-corrected chi connectivity index (χ1v) is 5.26. The molecular formula is C11H14ClNO2. The maximum absolute atomic E-state index is 10.2. The Hall–Kier alpha value is -1.06. The fourth-order valence-corrected chi connectivity index (χ4v) is 1.52. The normalized spacial score (nSPS) is 12.4. The van der Waals surface area contributed by atoms with Crippen molar-refractivity contribution < 1.29 is 15.6 Å². The number of carboxylic acids is 1. The summed E-state index contributed by atoms with van der Waals surface area (Å²) in [5, 5.41) is 10.9. The molecule has 3 nitrogen and oxygen atoms in total. The zero-order valence-corrected chi connectivity index (χ0v) is 9.17. The molecule has 1 rings (SSSR count). The minimum absolute atomic E-state index is 0.0968. The van der Waals surface area contributed by atoms with Crippen LogP contribution in [0.15, 0.2) is 24.3 Å². The van der Waals surface area contributed by atoms with E-state index < -0.39 is 5.97 Å². The van der Waals surface area contributed by atoms with Gasteiger partial charge in [0.2, 0.25) is 0 Å². The maximum Gasteiger partial charge on any atom is 0.110 e. The molecule has 3 N–H and O–H groups in total. The monoisotopic (exact) mass is 227 g/mol. The minimum Gasteiger partial charge on any atom is -0.550 e. The summed E-state index contributed by atoms with van der Waals surface area (Å²) in [4.78, 5) is 10.2. The van der Waals surface area contributed by atoms with Crippen LogP contribution >= 0.6 is 11.6 Å². The van der Waals surface area contributed by atoms with Crippen molar-refractivity contribution in [1.29, 1.82) is 0 Å². The lowest BCUT2D eigenvalue weighted by atomic mass is 10.0. The summed E-state index contributed by atoms with van der Waals surface area (Å²) in [7, 11) is 0. The van der Waals surface area contributed by atoms with Gasteiger partial charge in [-0.1, -0.05) is 23.7 Å². The van der Waals surface area contributed by atoms with E-state index in [9.17, 15) is 9.90 Å². The molecule has 0 saturated heterocycles. The molecule has 0 aliphatic carbocycles. The van der Waals surface area contributed by atoms with Crippen LogP contribution in [0.2, 0.25) is 5.02 Å². The van der Waals surface area contributed by atoms with Crippen molar-refractivity contribution >= 4 is 17.6 Å². The number of hydrogen-bond donors (Lipinski definition) is 1. The number of quaternary nitrogens is 1.